The molecular formula is C13H22N6O. The molecule has 3 rings (SSSR count). The van der Waals surface area contributed by atoms with Gasteiger partial charge >= 0.3 is 0 Å². The predicted octanol–water partition coefficient (Wildman–Crippen LogP) is -0.0185. The minimum absolute atomic E-state index is 0.600. The van der Waals surface area contributed by atoms with Gasteiger partial charge in [-0.2, -0.15) is 0 Å². The molecular weight excluding hydrogens is 256 g/mol. The van der Waals surface area contributed by atoms with Gasteiger partial charge in [0.25, 0.3) is 0 Å². The van der Waals surface area contributed by atoms with Crippen molar-refractivity contribution in [1.82, 2.24) is 14.9 Å². The van der Waals surface area contributed by atoms with E-state index in [1.807, 2.05) is 13.0 Å². The first-order valence-electron chi connectivity index (χ1n) is 7.15. The highest BCUT2D eigenvalue weighted by Gasteiger charge is 2.29. The summed E-state index contributed by atoms with van der Waals surface area (Å²) >= 11 is 0. The van der Waals surface area contributed by atoms with Crippen molar-refractivity contribution in [3.8, 4) is 0 Å². The molecule has 1 aromatic heterocycles. The molecule has 0 aromatic carbocycles. The lowest BCUT2D eigenvalue weighted by Gasteiger charge is -2.32. The molecule has 0 saturated carbocycles. The van der Waals surface area contributed by atoms with Crippen molar-refractivity contribution in [2.24, 2.45) is 5.84 Å². The summed E-state index contributed by atoms with van der Waals surface area (Å²) in [5.41, 5.74) is 2.60. The molecule has 3 heterocycles. The maximum atomic E-state index is 5.45. The molecule has 2 saturated heterocycles. The maximum absolute atomic E-state index is 5.45. The van der Waals surface area contributed by atoms with Crippen LogP contribution in [0.2, 0.25) is 0 Å². The van der Waals surface area contributed by atoms with Crippen LogP contribution in [0.3, 0.4) is 0 Å². The summed E-state index contributed by atoms with van der Waals surface area (Å²) in [6.07, 6.45) is 1.18. The molecule has 0 bridgehead atoms. The lowest BCUT2D eigenvalue weighted by Crippen LogP contribution is -2.44. The van der Waals surface area contributed by atoms with Crippen LogP contribution in [-0.2, 0) is 4.74 Å². The molecule has 3 N–H and O–H groups in total. The van der Waals surface area contributed by atoms with Crippen LogP contribution in [-0.4, -0.2) is 60.3 Å². The van der Waals surface area contributed by atoms with Gasteiger partial charge in [0.2, 0.25) is 0 Å². The Morgan fingerprint density at radius 3 is 2.85 bits per heavy atom. The smallest absolute Gasteiger partial charge is 0.145 e. The van der Waals surface area contributed by atoms with Gasteiger partial charge in [0, 0.05) is 38.3 Å². The lowest BCUT2D eigenvalue weighted by atomic mass is 10.2. The van der Waals surface area contributed by atoms with Crippen molar-refractivity contribution in [1.29, 1.82) is 0 Å². The Labute approximate surface area is 119 Å². The van der Waals surface area contributed by atoms with E-state index in [0.717, 1.165) is 51.0 Å². The van der Waals surface area contributed by atoms with Crippen LogP contribution in [0.15, 0.2) is 6.07 Å². The molecule has 110 valence electrons. The van der Waals surface area contributed by atoms with E-state index >= 15 is 0 Å². The summed E-state index contributed by atoms with van der Waals surface area (Å²) in [5, 5.41) is 0. The standard InChI is InChI=1S/C13H22N6O/c1-10-15-12(17-14)8-13(16-10)19-3-2-11(9-19)18-4-6-20-7-5-18/h8,11H,2-7,9,14H2,1H3,(H,15,16,17). The summed E-state index contributed by atoms with van der Waals surface area (Å²) in [6.45, 7) is 7.71. The third-order valence-electron chi connectivity index (χ3n) is 4.02. The fraction of sp³-hybridized carbons (Fsp3) is 0.692. The van der Waals surface area contributed by atoms with Crippen LogP contribution in [0, 0.1) is 6.92 Å². The number of aromatic nitrogens is 2. The average molecular weight is 278 g/mol. The molecule has 7 nitrogen and oxygen atoms in total. The molecule has 2 fully saturated rings. The van der Waals surface area contributed by atoms with Gasteiger partial charge in [0.1, 0.15) is 17.5 Å². The van der Waals surface area contributed by atoms with Crippen molar-refractivity contribution < 1.29 is 4.74 Å². The third kappa shape index (κ3) is 2.84. The molecule has 2 aliphatic rings. The monoisotopic (exact) mass is 278 g/mol. The molecule has 0 spiro atoms. The second kappa shape index (κ2) is 5.90. The molecule has 7 heteroatoms. The quantitative estimate of drug-likeness (QED) is 0.594. The molecule has 2 aliphatic heterocycles. The summed E-state index contributed by atoms with van der Waals surface area (Å²) in [6, 6.07) is 2.51. The number of hydrogen-bond donors (Lipinski definition) is 2. The molecule has 1 aromatic rings. The number of nitrogen functional groups attached to an aromatic ring is 1. The first-order valence-corrected chi connectivity index (χ1v) is 7.15. The molecule has 0 aliphatic carbocycles. The number of nitrogens with one attached hydrogen (secondary N) is 1. The summed E-state index contributed by atoms with van der Waals surface area (Å²) in [4.78, 5) is 13.6. The van der Waals surface area contributed by atoms with Crippen LogP contribution in [0.1, 0.15) is 12.2 Å². The topological polar surface area (TPSA) is 79.5 Å². The zero-order valence-electron chi connectivity index (χ0n) is 11.9. The van der Waals surface area contributed by atoms with Gasteiger partial charge in [-0.1, -0.05) is 0 Å². The second-order valence-electron chi connectivity index (χ2n) is 5.34. The highest BCUT2D eigenvalue weighted by molar-refractivity contribution is 5.49. The van der Waals surface area contributed by atoms with Gasteiger partial charge in [-0.05, 0) is 13.3 Å². The average Bonchev–Trinajstić information content (AvgIpc) is 2.97. The van der Waals surface area contributed by atoms with Crippen molar-refractivity contribution in [3.05, 3.63) is 11.9 Å². The van der Waals surface area contributed by atoms with E-state index in [0.29, 0.717) is 11.9 Å². The van der Waals surface area contributed by atoms with Gasteiger partial charge in [0.15, 0.2) is 0 Å². The van der Waals surface area contributed by atoms with Crippen LogP contribution >= 0.6 is 0 Å². The Bertz CT molecular complexity index is 462. The molecule has 1 unspecified atom stereocenters. The number of anilines is 2. The fourth-order valence-electron chi connectivity index (χ4n) is 2.98. The zero-order chi connectivity index (χ0) is 13.9. The largest absolute Gasteiger partial charge is 0.379 e. The number of morpholine rings is 1. The summed E-state index contributed by atoms with van der Waals surface area (Å²) in [7, 11) is 0. The predicted molar refractivity (Wildman–Crippen MR) is 77.6 cm³/mol. The second-order valence-corrected chi connectivity index (χ2v) is 5.34. The Hall–Kier alpha value is -1.44. The maximum Gasteiger partial charge on any atom is 0.145 e. The zero-order valence-corrected chi connectivity index (χ0v) is 11.9. The summed E-state index contributed by atoms with van der Waals surface area (Å²) in [5.74, 6) is 7.82. The van der Waals surface area contributed by atoms with E-state index in [1.54, 1.807) is 0 Å². The van der Waals surface area contributed by atoms with Gasteiger partial charge in [-0.3, -0.25) is 4.90 Å². The van der Waals surface area contributed by atoms with E-state index in [9.17, 15) is 0 Å². The van der Waals surface area contributed by atoms with Gasteiger partial charge in [-0.15, -0.1) is 0 Å². The van der Waals surface area contributed by atoms with Gasteiger partial charge in [-0.25, -0.2) is 15.8 Å². The number of aryl methyl sites for hydroxylation is 1. The number of hydrazine groups is 1. The molecule has 20 heavy (non-hydrogen) atoms. The Balaban J connectivity index is 1.68. The van der Waals surface area contributed by atoms with E-state index in [-0.39, 0.29) is 0 Å². The van der Waals surface area contributed by atoms with E-state index in [1.165, 1.54) is 6.42 Å². The van der Waals surface area contributed by atoms with Crippen molar-refractivity contribution in [2.45, 2.75) is 19.4 Å². The molecule has 0 radical (unpaired) electrons. The van der Waals surface area contributed by atoms with E-state index < -0.39 is 0 Å². The van der Waals surface area contributed by atoms with Crippen molar-refractivity contribution in [3.63, 3.8) is 0 Å². The normalized spacial score (nSPS) is 24.1. The summed E-state index contributed by atoms with van der Waals surface area (Å²) < 4.78 is 5.42. The van der Waals surface area contributed by atoms with E-state index in [2.05, 4.69) is 25.2 Å². The number of ether oxygens (including phenoxy) is 1. The molecule has 1 atom stereocenters. The SMILES string of the molecule is Cc1nc(NN)cc(N2CCC(N3CCOCC3)C2)n1. The van der Waals surface area contributed by atoms with Crippen LogP contribution in [0.5, 0.6) is 0 Å². The third-order valence-corrected chi connectivity index (χ3v) is 4.02. The number of nitrogens with two attached hydrogens (primary N) is 1. The van der Waals surface area contributed by atoms with Crippen LogP contribution in [0.4, 0.5) is 11.6 Å². The van der Waals surface area contributed by atoms with Gasteiger partial charge < -0.3 is 15.1 Å². The van der Waals surface area contributed by atoms with Crippen LogP contribution < -0.4 is 16.2 Å². The fourth-order valence-corrected chi connectivity index (χ4v) is 2.98. The first-order chi connectivity index (χ1) is 9.76. The number of hydrogen-bond acceptors (Lipinski definition) is 7. The minimum atomic E-state index is 0.600. The van der Waals surface area contributed by atoms with Crippen molar-refractivity contribution in [2.75, 3.05) is 49.7 Å². The van der Waals surface area contributed by atoms with Crippen LogP contribution in [0.25, 0.3) is 0 Å². The highest BCUT2D eigenvalue weighted by atomic mass is 16.5. The Morgan fingerprint density at radius 1 is 1.30 bits per heavy atom. The van der Waals surface area contributed by atoms with E-state index in [4.69, 9.17) is 10.6 Å². The first kappa shape index (κ1) is 13.5. The number of rotatable bonds is 3. The lowest BCUT2D eigenvalue weighted by molar-refractivity contribution is 0.0209. The Morgan fingerprint density at radius 2 is 2.10 bits per heavy atom. The Kier molecular flexibility index (Phi) is 4.00. The van der Waals surface area contributed by atoms with Crippen molar-refractivity contribution >= 4 is 11.6 Å². The molecule has 0 amide bonds. The minimum Gasteiger partial charge on any atom is -0.379 e. The highest BCUT2D eigenvalue weighted by Crippen LogP contribution is 2.23. The number of nitrogens with zero attached hydrogens (tertiary/aromatic N) is 4. The van der Waals surface area contributed by atoms with Gasteiger partial charge in [0.05, 0.1) is 13.2 Å².